The van der Waals surface area contributed by atoms with Crippen LogP contribution >= 0.6 is 39.1 Å². The molecule has 0 atom stereocenters. The number of nitrogens with zero attached hydrogens (tertiary/aromatic N) is 2. The van der Waals surface area contributed by atoms with Crippen molar-refractivity contribution >= 4 is 50.2 Å². The Morgan fingerprint density at radius 3 is 2.71 bits per heavy atom. The maximum Gasteiger partial charge on any atom is 0.115 e. The average molecular weight is 384 g/mol. The van der Waals surface area contributed by atoms with Crippen LogP contribution in [0.1, 0.15) is 11.4 Å². The van der Waals surface area contributed by atoms with Crippen molar-refractivity contribution < 1.29 is 0 Å². The van der Waals surface area contributed by atoms with Crippen molar-refractivity contribution in [1.82, 2.24) is 9.55 Å². The summed E-state index contributed by atoms with van der Waals surface area (Å²) < 4.78 is 3.17. The zero-order valence-corrected chi connectivity index (χ0v) is 14.5. The number of rotatable bonds is 3. The van der Waals surface area contributed by atoms with Crippen molar-refractivity contribution in [2.45, 2.75) is 13.3 Å². The minimum atomic E-state index is 0.522. The van der Waals surface area contributed by atoms with Gasteiger partial charge in [0.05, 0.1) is 21.7 Å². The molecule has 0 aliphatic rings. The number of para-hydroxylation sites is 1. The van der Waals surface area contributed by atoms with Crippen LogP contribution in [0.3, 0.4) is 0 Å². The standard InChI is InChI=1S/C16H13BrCl2N2/c1-10-11(17)4-2-7-14(10)21-15(8-9-18)20-13-6-3-5-12(19)16(13)21/h2-7H,8-9H2,1H3. The van der Waals surface area contributed by atoms with Gasteiger partial charge in [-0.2, -0.15) is 0 Å². The van der Waals surface area contributed by atoms with Crippen molar-refractivity contribution in [3.05, 3.63) is 57.3 Å². The lowest BCUT2D eigenvalue weighted by Crippen LogP contribution is -2.04. The molecule has 3 aromatic rings. The summed E-state index contributed by atoms with van der Waals surface area (Å²) in [6.45, 7) is 2.08. The Bertz CT molecular complexity index is 811. The van der Waals surface area contributed by atoms with Gasteiger partial charge in [0.1, 0.15) is 5.82 Å². The summed E-state index contributed by atoms with van der Waals surface area (Å²) in [6.07, 6.45) is 0.693. The number of hydrogen-bond acceptors (Lipinski definition) is 1. The summed E-state index contributed by atoms with van der Waals surface area (Å²) >= 11 is 15.9. The molecule has 0 unspecified atom stereocenters. The number of fused-ring (bicyclic) bond motifs is 1. The van der Waals surface area contributed by atoms with Gasteiger partial charge in [-0.15, -0.1) is 11.6 Å². The molecule has 0 aliphatic heterocycles. The molecule has 108 valence electrons. The molecule has 5 heteroatoms. The molecule has 0 fully saturated rings. The molecule has 0 saturated heterocycles. The molecule has 2 aromatic carbocycles. The van der Waals surface area contributed by atoms with Gasteiger partial charge in [0.25, 0.3) is 0 Å². The second kappa shape index (κ2) is 5.99. The highest BCUT2D eigenvalue weighted by atomic mass is 79.9. The molecule has 0 radical (unpaired) electrons. The molecule has 0 saturated carbocycles. The minimum Gasteiger partial charge on any atom is -0.294 e. The molecule has 0 bridgehead atoms. The molecule has 0 N–H and O–H groups in total. The zero-order chi connectivity index (χ0) is 15.0. The Morgan fingerprint density at radius 2 is 1.95 bits per heavy atom. The van der Waals surface area contributed by atoms with Crippen LogP contribution in [0.25, 0.3) is 16.7 Å². The van der Waals surface area contributed by atoms with Gasteiger partial charge >= 0.3 is 0 Å². The highest BCUT2D eigenvalue weighted by Crippen LogP contribution is 2.31. The largest absolute Gasteiger partial charge is 0.294 e. The molecule has 0 aliphatic carbocycles. The van der Waals surface area contributed by atoms with E-state index in [-0.39, 0.29) is 0 Å². The highest BCUT2D eigenvalue weighted by Gasteiger charge is 2.16. The first-order chi connectivity index (χ1) is 10.1. The lowest BCUT2D eigenvalue weighted by molar-refractivity contribution is 0.906. The normalized spacial score (nSPS) is 11.2. The third kappa shape index (κ3) is 2.59. The van der Waals surface area contributed by atoms with Crippen molar-refractivity contribution in [3.63, 3.8) is 0 Å². The maximum absolute atomic E-state index is 6.41. The number of alkyl halides is 1. The summed E-state index contributed by atoms with van der Waals surface area (Å²) in [6, 6.07) is 11.9. The van der Waals surface area contributed by atoms with Crippen molar-refractivity contribution in [2.75, 3.05) is 5.88 Å². The van der Waals surface area contributed by atoms with Gasteiger partial charge in [-0.05, 0) is 36.8 Å². The predicted molar refractivity (Wildman–Crippen MR) is 92.9 cm³/mol. The van der Waals surface area contributed by atoms with E-state index in [4.69, 9.17) is 23.2 Å². The fraction of sp³-hybridized carbons (Fsp3) is 0.188. The summed E-state index contributed by atoms with van der Waals surface area (Å²) in [4.78, 5) is 4.69. The first-order valence-electron chi connectivity index (χ1n) is 6.60. The van der Waals surface area contributed by atoms with Gasteiger partial charge in [0.15, 0.2) is 0 Å². The van der Waals surface area contributed by atoms with Crippen molar-refractivity contribution in [1.29, 1.82) is 0 Å². The Labute approximate surface area is 141 Å². The van der Waals surface area contributed by atoms with Gasteiger partial charge in [0.2, 0.25) is 0 Å². The SMILES string of the molecule is Cc1c(Br)cccc1-n1c(CCCl)nc2cccc(Cl)c21. The molecule has 1 heterocycles. The zero-order valence-electron chi connectivity index (χ0n) is 11.4. The van der Waals surface area contributed by atoms with E-state index >= 15 is 0 Å². The van der Waals surface area contributed by atoms with E-state index in [0.29, 0.717) is 17.3 Å². The number of aryl methyl sites for hydroxylation is 1. The van der Waals surface area contributed by atoms with E-state index in [1.54, 1.807) is 0 Å². The molecular formula is C16H13BrCl2N2. The van der Waals surface area contributed by atoms with E-state index in [1.807, 2.05) is 30.3 Å². The smallest absolute Gasteiger partial charge is 0.115 e. The van der Waals surface area contributed by atoms with Gasteiger partial charge in [-0.1, -0.05) is 39.7 Å². The number of hydrogen-bond donors (Lipinski definition) is 0. The first-order valence-corrected chi connectivity index (χ1v) is 8.31. The van der Waals surface area contributed by atoms with E-state index in [9.17, 15) is 0 Å². The van der Waals surface area contributed by atoms with Crippen LogP contribution in [0.15, 0.2) is 40.9 Å². The molecular weight excluding hydrogens is 371 g/mol. The third-order valence-corrected chi connectivity index (χ3v) is 4.85. The number of halogens is 3. The van der Waals surface area contributed by atoms with Crippen molar-refractivity contribution in [3.8, 4) is 5.69 Å². The molecule has 1 aromatic heterocycles. The van der Waals surface area contributed by atoms with E-state index < -0.39 is 0 Å². The lowest BCUT2D eigenvalue weighted by Gasteiger charge is -2.13. The second-order valence-electron chi connectivity index (χ2n) is 4.79. The minimum absolute atomic E-state index is 0.522. The Balaban J connectivity index is 2.39. The van der Waals surface area contributed by atoms with Gasteiger partial charge < -0.3 is 0 Å². The Morgan fingerprint density at radius 1 is 1.19 bits per heavy atom. The van der Waals surface area contributed by atoms with Crippen LogP contribution in [0, 0.1) is 6.92 Å². The van der Waals surface area contributed by atoms with Crippen LogP contribution in [0.2, 0.25) is 5.02 Å². The number of aromatic nitrogens is 2. The van der Waals surface area contributed by atoms with Crippen molar-refractivity contribution in [2.24, 2.45) is 0 Å². The predicted octanol–water partition coefficient (Wildman–Crippen LogP) is 5.53. The molecule has 21 heavy (non-hydrogen) atoms. The summed E-state index contributed by atoms with van der Waals surface area (Å²) in [5.41, 5.74) is 4.04. The topological polar surface area (TPSA) is 17.8 Å². The summed E-state index contributed by atoms with van der Waals surface area (Å²) in [5, 5.41) is 0.695. The molecule has 0 amide bonds. The highest BCUT2D eigenvalue weighted by molar-refractivity contribution is 9.10. The summed E-state index contributed by atoms with van der Waals surface area (Å²) in [7, 11) is 0. The number of benzene rings is 2. The van der Waals surface area contributed by atoms with Gasteiger partial charge in [-0.25, -0.2) is 4.98 Å². The van der Waals surface area contributed by atoms with Crippen LogP contribution in [-0.4, -0.2) is 15.4 Å². The quantitative estimate of drug-likeness (QED) is 0.543. The summed E-state index contributed by atoms with van der Waals surface area (Å²) in [5.74, 6) is 1.45. The monoisotopic (exact) mass is 382 g/mol. The first kappa shape index (κ1) is 14.9. The van der Waals surface area contributed by atoms with Crippen LogP contribution < -0.4 is 0 Å². The maximum atomic E-state index is 6.41. The van der Waals surface area contributed by atoms with E-state index in [1.165, 1.54) is 0 Å². The Kier molecular flexibility index (Phi) is 4.25. The molecule has 2 nitrogen and oxygen atoms in total. The Hall–Kier alpha value is -1.03. The molecule has 0 spiro atoms. The van der Waals surface area contributed by atoms with E-state index in [0.717, 1.165) is 32.6 Å². The fourth-order valence-corrected chi connectivity index (χ4v) is 3.26. The van der Waals surface area contributed by atoms with Crippen LogP contribution in [0.4, 0.5) is 0 Å². The van der Waals surface area contributed by atoms with Gasteiger partial charge in [-0.3, -0.25) is 4.57 Å². The fourth-order valence-electron chi connectivity index (χ4n) is 2.48. The van der Waals surface area contributed by atoms with Crippen LogP contribution in [0.5, 0.6) is 0 Å². The molecule has 3 rings (SSSR count). The number of imidazole rings is 1. The third-order valence-electron chi connectivity index (χ3n) is 3.49. The second-order valence-corrected chi connectivity index (χ2v) is 6.43. The van der Waals surface area contributed by atoms with Gasteiger partial charge in [0, 0.05) is 16.8 Å². The lowest BCUT2D eigenvalue weighted by atomic mass is 10.2. The van der Waals surface area contributed by atoms with Crippen LogP contribution in [-0.2, 0) is 6.42 Å². The van der Waals surface area contributed by atoms with E-state index in [2.05, 4.69) is 38.5 Å². The average Bonchev–Trinajstić information content (AvgIpc) is 2.82.